The molecule has 21 heavy (non-hydrogen) atoms. The lowest BCUT2D eigenvalue weighted by molar-refractivity contribution is -0.121. The number of nitrogens with zero attached hydrogens (tertiary/aromatic N) is 1. The van der Waals surface area contributed by atoms with Gasteiger partial charge in [0.05, 0.1) is 17.3 Å². The molecule has 5 nitrogen and oxygen atoms in total. The Labute approximate surface area is 125 Å². The van der Waals surface area contributed by atoms with Crippen molar-refractivity contribution in [3.05, 3.63) is 29.8 Å². The number of nitrogens with one attached hydrogen (secondary N) is 1. The van der Waals surface area contributed by atoms with Crippen LogP contribution in [0.1, 0.15) is 36.5 Å². The van der Waals surface area contributed by atoms with Crippen molar-refractivity contribution in [3.63, 3.8) is 0 Å². The molecule has 1 aliphatic rings. The molecule has 0 aliphatic carbocycles. The number of carboxylic acids is 1. The normalized spacial score (nSPS) is 21.8. The van der Waals surface area contributed by atoms with Gasteiger partial charge in [-0.25, -0.2) is 4.79 Å². The first-order valence-corrected chi connectivity index (χ1v) is 7.37. The van der Waals surface area contributed by atoms with Crippen molar-refractivity contribution < 1.29 is 14.7 Å². The zero-order chi connectivity index (χ0) is 15.4. The Kier molecular flexibility index (Phi) is 4.96. The van der Waals surface area contributed by atoms with E-state index in [-0.39, 0.29) is 17.5 Å². The Morgan fingerprint density at radius 2 is 2.10 bits per heavy atom. The van der Waals surface area contributed by atoms with Crippen LogP contribution in [0.15, 0.2) is 24.3 Å². The maximum atomic E-state index is 12.6. The Hall–Kier alpha value is -1.88. The predicted molar refractivity (Wildman–Crippen MR) is 81.6 cm³/mol. The highest BCUT2D eigenvalue weighted by Gasteiger charge is 2.29. The molecule has 1 heterocycles. The SMILES string of the molecule is CCC1CCNC(C(=O)N(C)c2ccccc2C(=O)O)C1. The fourth-order valence-electron chi connectivity index (χ4n) is 2.85. The topological polar surface area (TPSA) is 69.6 Å². The molecule has 5 heteroatoms. The number of hydrogen-bond acceptors (Lipinski definition) is 3. The number of benzene rings is 1. The van der Waals surface area contributed by atoms with Gasteiger partial charge in [0.15, 0.2) is 0 Å². The van der Waals surface area contributed by atoms with Gasteiger partial charge in [0.2, 0.25) is 5.91 Å². The molecule has 0 spiro atoms. The average molecular weight is 290 g/mol. The number of carbonyl (C=O) groups is 2. The average Bonchev–Trinajstić information content (AvgIpc) is 2.53. The van der Waals surface area contributed by atoms with Crippen LogP contribution in [0.2, 0.25) is 0 Å². The molecule has 2 atom stereocenters. The number of aromatic carboxylic acids is 1. The summed E-state index contributed by atoms with van der Waals surface area (Å²) in [6.07, 6.45) is 2.98. The summed E-state index contributed by atoms with van der Waals surface area (Å²) in [4.78, 5) is 25.3. The number of amides is 1. The second-order valence-electron chi connectivity index (χ2n) is 5.52. The maximum Gasteiger partial charge on any atom is 0.337 e. The highest BCUT2D eigenvalue weighted by atomic mass is 16.4. The molecule has 2 rings (SSSR count). The third-order valence-corrected chi connectivity index (χ3v) is 4.21. The first-order chi connectivity index (χ1) is 10.0. The molecule has 1 saturated heterocycles. The van der Waals surface area contributed by atoms with E-state index < -0.39 is 5.97 Å². The van der Waals surface area contributed by atoms with E-state index in [9.17, 15) is 14.7 Å². The van der Waals surface area contributed by atoms with Gasteiger partial charge in [0, 0.05) is 7.05 Å². The zero-order valence-electron chi connectivity index (χ0n) is 12.5. The number of carboxylic acid groups (broad SMARTS) is 1. The molecule has 2 unspecified atom stereocenters. The summed E-state index contributed by atoms with van der Waals surface area (Å²) in [7, 11) is 1.64. The Bertz CT molecular complexity index is 530. The van der Waals surface area contributed by atoms with E-state index in [1.807, 2.05) is 0 Å². The molecular weight excluding hydrogens is 268 g/mol. The minimum Gasteiger partial charge on any atom is -0.478 e. The second kappa shape index (κ2) is 6.72. The Morgan fingerprint density at radius 3 is 2.76 bits per heavy atom. The van der Waals surface area contributed by atoms with Crippen LogP contribution in [0.5, 0.6) is 0 Å². The zero-order valence-corrected chi connectivity index (χ0v) is 12.5. The summed E-state index contributed by atoms with van der Waals surface area (Å²) in [6.45, 7) is 2.98. The summed E-state index contributed by atoms with van der Waals surface area (Å²) in [5.74, 6) is -0.529. The first kappa shape index (κ1) is 15.5. The van der Waals surface area contributed by atoms with Crippen molar-refractivity contribution in [2.24, 2.45) is 5.92 Å². The minimum atomic E-state index is -1.02. The molecule has 0 saturated carbocycles. The third kappa shape index (κ3) is 3.42. The monoisotopic (exact) mass is 290 g/mol. The van der Waals surface area contributed by atoms with Crippen molar-refractivity contribution in [3.8, 4) is 0 Å². The van der Waals surface area contributed by atoms with Gasteiger partial charge in [-0.1, -0.05) is 25.5 Å². The van der Waals surface area contributed by atoms with Crippen LogP contribution in [0.3, 0.4) is 0 Å². The van der Waals surface area contributed by atoms with Crippen molar-refractivity contribution >= 4 is 17.6 Å². The van der Waals surface area contributed by atoms with E-state index in [4.69, 9.17) is 0 Å². The molecule has 114 valence electrons. The lowest BCUT2D eigenvalue weighted by Gasteiger charge is -2.32. The van der Waals surface area contributed by atoms with Crippen molar-refractivity contribution in [2.45, 2.75) is 32.2 Å². The van der Waals surface area contributed by atoms with Gasteiger partial charge in [-0.2, -0.15) is 0 Å². The Balaban J connectivity index is 2.18. The number of carbonyl (C=O) groups excluding carboxylic acids is 1. The molecule has 1 amide bonds. The summed E-state index contributed by atoms with van der Waals surface area (Å²) in [6, 6.07) is 6.37. The van der Waals surface area contributed by atoms with Crippen LogP contribution in [0.4, 0.5) is 5.69 Å². The molecule has 0 bridgehead atoms. The van der Waals surface area contributed by atoms with Crippen molar-refractivity contribution in [1.29, 1.82) is 0 Å². The molecule has 1 aromatic carbocycles. The largest absolute Gasteiger partial charge is 0.478 e. The fourth-order valence-corrected chi connectivity index (χ4v) is 2.85. The number of para-hydroxylation sites is 1. The van der Waals surface area contributed by atoms with E-state index in [1.165, 1.54) is 11.0 Å². The summed E-state index contributed by atoms with van der Waals surface area (Å²) in [5.41, 5.74) is 0.589. The highest BCUT2D eigenvalue weighted by Crippen LogP contribution is 2.24. The summed E-state index contributed by atoms with van der Waals surface area (Å²) >= 11 is 0. The van der Waals surface area contributed by atoms with Gasteiger partial charge in [-0.3, -0.25) is 4.79 Å². The predicted octanol–water partition coefficient (Wildman–Crippen LogP) is 2.13. The second-order valence-corrected chi connectivity index (χ2v) is 5.52. The molecular formula is C16H22N2O3. The highest BCUT2D eigenvalue weighted by molar-refractivity contribution is 6.03. The summed E-state index contributed by atoms with van der Waals surface area (Å²) in [5, 5.41) is 12.5. The lowest BCUT2D eigenvalue weighted by atomic mass is 9.90. The fraction of sp³-hybridized carbons (Fsp3) is 0.500. The van der Waals surface area contributed by atoms with Crippen LogP contribution in [-0.4, -0.2) is 36.6 Å². The lowest BCUT2D eigenvalue weighted by Crippen LogP contribution is -2.49. The maximum absolute atomic E-state index is 12.6. The number of anilines is 1. The van der Waals surface area contributed by atoms with Gasteiger partial charge in [0.1, 0.15) is 0 Å². The van der Waals surface area contributed by atoms with Gasteiger partial charge in [-0.15, -0.1) is 0 Å². The van der Waals surface area contributed by atoms with Crippen LogP contribution < -0.4 is 10.2 Å². The third-order valence-electron chi connectivity index (χ3n) is 4.21. The standard InChI is InChI=1S/C16H22N2O3/c1-3-11-8-9-17-13(10-11)15(19)18(2)14-7-5-4-6-12(14)16(20)21/h4-7,11,13,17H,3,8-10H2,1-2H3,(H,20,21). The Morgan fingerprint density at radius 1 is 1.38 bits per heavy atom. The van der Waals surface area contributed by atoms with E-state index in [0.717, 1.165) is 25.8 Å². The molecule has 1 aliphatic heterocycles. The van der Waals surface area contributed by atoms with E-state index in [0.29, 0.717) is 11.6 Å². The molecule has 0 radical (unpaired) electrons. The molecule has 0 aromatic heterocycles. The van der Waals surface area contributed by atoms with Crippen LogP contribution >= 0.6 is 0 Å². The van der Waals surface area contributed by atoms with Crippen LogP contribution in [0.25, 0.3) is 0 Å². The minimum absolute atomic E-state index is 0.0677. The van der Waals surface area contributed by atoms with Crippen molar-refractivity contribution in [1.82, 2.24) is 5.32 Å². The quantitative estimate of drug-likeness (QED) is 0.891. The van der Waals surface area contributed by atoms with Gasteiger partial charge in [-0.05, 0) is 37.4 Å². The molecule has 2 N–H and O–H groups in total. The molecule has 1 fully saturated rings. The van der Waals surface area contributed by atoms with E-state index in [2.05, 4.69) is 12.2 Å². The number of hydrogen-bond donors (Lipinski definition) is 2. The number of rotatable bonds is 4. The van der Waals surface area contributed by atoms with E-state index in [1.54, 1.807) is 25.2 Å². The number of piperidine rings is 1. The van der Waals surface area contributed by atoms with Gasteiger partial charge < -0.3 is 15.3 Å². The smallest absolute Gasteiger partial charge is 0.337 e. The first-order valence-electron chi connectivity index (χ1n) is 7.37. The number of likely N-dealkylation sites (N-methyl/N-ethyl adjacent to an activating group) is 1. The molecule has 1 aromatic rings. The van der Waals surface area contributed by atoms with Gasteiger partial charge >= 0.3 is 5.97 Å². The van der Waals surface area contributed by atoms with Crippen molar-refractivity contribution in [2.75, 3.05) is 18.5 Å². The van der Waals surface area contributed by atoms with E-state index >= 15 is 0 Å². The van der Waals surface area contributed by atoms with Gasteiger partial charge in [0.25, 0.3) is 0 Å². The van der Waals surface area contributed by atoms with Crippen LogP contribution in [0, 0.1) is 5.92 Å². The van der Waals surface area contributed by atoms with Crippen LogP contribution in [-0.2, 0) is 4.79 Å². The summed E-state index contributed by atoms with van der Waals surface area (Å²) < 4.78 is 0.